The molecule has 19 heavy (non-hydrogen) atoms. The molecule has 0 aliphatic heterocycles. The van der Waals surface area contributed by atoms with Crippen molar-refractivity contribution in [2.75, 3.05) is 0 Å². The first-order chi connectivity index (χ1) is 9.40. The molecule has 4 rings (SSSR count). The Labute approximate surface area is 109 Å². The van der Waals surface area contributed by atoms with Crippen molar-refractivity contribution in [1.82, 2.24) is 19.6 Å². The van der Waals surface area contributed by atoms with E-state index in [-0.39, 0.29) is 0 Å². The molecule has 0 radical (unpaired) electrons. The average molecular weight is 248 g/mol. The minimum absolute atomic E-state index is 0.627. The van der Waals surface area contributed by atoms with Gasteiger partial charge in [0.2, 0.25) is 0 Å². The quantitative estimate of drug-likeness (QED) is 0.547. The van der Waals surface area contributed by atoms with Crippen LogP contribution in [-0.2, 0) is 6.67 Å². The van der Waals surface area contributed by atoms with Gasteiger partial charge in [-0.05, 0) is 12.1 Å². The fourth-order valence-electron chi connectivity index (χ4n) is 2.36. The average Bonchev–Trinajstić information content (AvgIpc) is 3.03. The summed E-state index contributed by atoms with van der Waals surface area (Å²) in [7, 11) is 0. The maximum absolute atomic E-state index is 4.55. The molecule has 4 heteroatoms. The molecule has 0 saturated carbocycles. The maximum atomic E-state index is 4.55. The zero-order valence-electron chi connectivity index (χ0n) is 10.3. The zero-order valence-corrected chi connectivity index (χ0v) is 10.3. The lowest BCUT2D eigenvalue weighted by Crippen LogP contribution is -2.09. The van der Waals surface area contributed by atoms with Crippen molar-refractivity contribution >= 4 is 21.8 Å². The predicted octanol–water partition coefficient (Wildman–Crippen LogP) is 2.89. The van der Waals surface area contributed by atoms with Crippen LogP contribution in [-0.4, -0.2) is 19.6 Å². The molecule has 0 atom stereocenters. The standard InChI is InChI=1S/C15H12N4/c1-3-7-14-13(6-1)10-18(17-14)11-19-15-8-4-2-5-12(15)9-16-19/h1-10H,11H2. The van der Waals surface area contributed by atoms with E-state index in [4.69, 9.17) is 0 Å². The van der Waals surface area contributed by atoms with Crippen LogP contribution in [0.15, 0.2) is 60.9 Å². The fourth-order valence-corrected chi connectivity index (χ4v) is 2.36. The van der Waals surface area contributed by atoms with Crippen LogP contribution in [0, 0.1) is 0 Å². The summed E-state index contributed by atoms with van der Waals surface area (Å²) in [4.78, 5) is 0. The summed E-state index contributed by atoms with van der Waals surface area (Å²) in [5, 5.41) is 11.3. The molecule has 0 saturated heterocycles. The summed E-state index contributed by atoms with van der Waals surface area (Å²) < 4.78 is 3.88. The molecule has 0 unspecified atom stereocenters. The highest BCUT2D eigenvalue weighted by Crippen LogP contribution is 2.14. The molecule has 92 valence electrons. The Hall–Kier alpha value is -2.62. The van der Waals surface area contributed by atoms with Crippen molar-refractivity contribution in [3.8, 4) is 0 Å². The Morgan fingerprint density at radius 2 is 1.68 bits per heavy atom. The van der Waals surface area contributed by atoms with Crippen molar-refractivity contribution < 1.29 is 0 Å². The third kappa shape index (κ3) is 1.69. The van der Waals surface area contributed by atoms with Crippen LogP contribution in [0.25, 0.3) is 21.8 Å². The van der Waals surface area contributed by atoms with Gasteiger partial charge >= 0.3 is 0 Å². The highest BCUT2D eigenvalue weighted by molar-refractivity contribution is 5.79. The number of nitrogens with zero attached hydrogens (tertiary/aromatic N) is 4. The van der Waals surface area contributed by atoms with Crippen LogP contribution in [0.4, 0.5) is 0 Å². The van der Waals surface area contributed by atoms with E-state index in [1.807, 2.05) is 52.1 Å². The second-order valence-electron chi connectivity index (χ2n) is 4.57. The minimum Gasteiger partial charge on any atom is -0.250 e. The van der Waals surface area contributed by atoms with Crippen molar-refractivity contribution in [3.05, 3.63) is 60.9 Å². The van der Waals surface area contributed by atoms with Crippen LogP contribution in [0.1, 0.15) is 0 Å². The smallest absolute Gasteiger partial charge is 0.133 e. The van der Waals surface area contributed by atoms with E-state index in [2.05, 4.69) is 28.4 Å². The number of benzene rings is 2. The third-order valence-corrected chi connectivity index (χ3v) is 3.29. The van der Waals surface area contributed by atoms with E-state index in [9.17, 15) is 0 Å². The van der Waals surface area contributed by atoms with Gasteiger partial charge in [0, 0.05) is 17.0 Å². The first kappa shape index (κ1) is 10.3. The van der Waals surface area contributed by atoms with Gasteiger partial charge in [-0.2, -0.15) is 10.2 Å². The van der Waals surface area contributed by atoms with Gasteiger partial charge in [0.15, 0.2) is 0 Å². The Kier molecular flexibility index (Phi) is 2.14. The van der Waals surface area contributed by atoms with Crippen molar-refractivity contribution in [3.63, 3.8) is 0 Å². The normalized spacial score (nSPS) is 11.4. The van der Waals surface area contributed by atoms with E-state index < -0.39 is 0 Å². The molecule has 0 aliphatic rings. The van der Waals surface area contributed by atoms with Crippen molar-refractivity contribution in [1.29, 1.82) is 0 Å². The van der Waals surface area contributed by atoms with E-state index in [0.29, 0.717) is 6.67 Å². The van der Waals surface area contributed by atoms with Gasteiger partial charge < -0.3 is 0 Å². The molecule has 4 aromatic rings. The van der Waals surface area contributed by atoms with E-state index in [1.165, 1.54) is 0 Å². The molecule has 0 N–H and O–H groups in total. The fraction of sp³-hybridized carbons (Fsp3) is 0.0667. The second-order valence-corrected chi connectivity index (χ2v) is 4.57. The largest absolute Gasteiger partial charge is 0.250 e. The van der Waals surface area contributed by atoms with Crippen LogP contribution < -0.4 is 0 Å². The van der Waals surface area contributed by atoms with Crippen LogP contribution in [0.3, 0.4) is 0 Å². The van der Waals surface area contributed by atoms with Crippen LogP contribution in [0.2, 0.25) is 0 Å². The van der Waals surface area contributed by atoms with Crippen LogP contribution in [0.5, 0.6) is 0 Å². The molecule has 0 fully saturated rings. The summed E-state index contributed by atoms with van der Waals surface area (Å²) in [5.74, 6) is 0. The van der Waals surface area contributed by atoms with Gasteiger partial charge in [0.25, 0.3) is 0 Å². The molecule has 0 spiro atoms. The summed E-state index contributed by atoms with van der Waals surface area (Å²) in [6, 6.07) is 16.3. The van der Waals surface area contributed by atoms with Crippen molar-refractivity contribution in [2.24, 2.45) is 0 Å². The summed E-state index contributed by atoms with van der Waals surface area (Å²) in [6.07, 6.45) is 3.93. The molecule has 0 amide bonds. The Morgan fingerprint density at radius 3 is 2.58 bits per heavy atom. The molecule has 0 aliphatic carbocycles. The predicted molar refractivity (Wildman–Crippen MR) is 74.9 cm³/mol. The number of hydrogen-bond donors (Lipinski definition) is 0. The molecule has 0 bridgehead atoms. The SMILES string of the molecule is c1ccc2nn(Cn3ncc4ccccc43)cc2c1. The monoisotopic (exact) mass is 248 g/mol. The lowest BCUT2D eigenvalue weighted by molar-refractivity contribution is 0.520. The Morgan fingerprint density at radius 1 is 0.895 bits per heavy atom. The number of rotatable bonds is 2. The Balaban J connectivity index is 1.78. The Bertz CT molecular complexity index is 823. The van der Waals surface area contributed by atoms with Crippen LogP contribution >= 0.6 is 0 Å². The van der Waals surface area contributed by atoms with Gasteiger partial charge in [0.05, 0.1) is 17.2 Å². The van der Waals surface area contributed by atoms with Gasteiger partial charge in [-0.3, -0.25) is 0 Å². The highest BCUT2D eigenvalue weighted by atomic mass is 15.4. The van der Waals surface area contributed by atoms with Gasteiger partial charge in [0.1, 0.15) is 6.67 Å². The highest BCUT2D eigenvalue weighted by Gasteiger charge is 2.04. The van der Waals surface area contributed by atoms with E-state index in [0.717, 1.165) is 21.8 Å². The molecule has 2 heterocycles. The molecule has 2 aromatic carbocycles. The summed E-state index contributed by atoms with van der Waals surface area (Å²) in [5.41, 5.74) is 2.14. The second kappa shape index (κ2) is 3.95. The van der Waals surface area contributed by atoms with Gasteiger partial charge in [-0.25, -0.2) is 9.36 Å². The number of hydrogen-bond acceptors (Lipinski definition) is 2. The minimum atomic E-state index is 0.627. The first-order valence-electron chi connectivity index (χ1n) is 6.23. The lowest BCUT2D eigenvalue weighted by atomic mass is 10.3. The molecule has 2 aromatic heterocycles. The summed E-state index contributed by atoms with van der Waals surface area (Å²) >= 11 is 0. The first-order valence-corrected chi connectivity index (χ1v) is 6.23. The summed E-state index contributed by atoms with van der Waals surface area (Å²) in [6.45, 7) is 0.627. The topological polar surface area (TPSA) is 35.6 Å². The van der Waals surface area contributed by atoms with E-state index in [1.54, 1.807) is 0 Å². The maximum Gasteiger partial charge on any atom is 0.133 e. The molecular formula is C15H12N4. The third-order valence-electron chi connectivity index (χ3n) is 3.29. The molecular weight excluding hydrogens is 236 g/mol. The number of para-hydroxylation sites is 1. The lowest BCUT2D eigenvalue weighted by Gasteiger charge is -2.03. The van der Waals surface area contributed by atoms with E-state index >= 15 is 0 Å². The zero-order chi connectivity index (χ0) is 12.7. The molecule has 4 nitrogen and oxygen atoms in total. The van der Waals surface area contributed by atoms with Gasteiger partial charge in [-0.15, -0.1) is 0 Å². The number of aromatic nitrogens is 4. The van der Waals surface area contributed by atoms with Crippen molar-refractivity contribution in [2.45, 2.75) is 6.67 Å². The van der Waals surface area contributed by atoms with Gasteiger partial charge in [-0.1, -0.05) is 36.4 Å². The number of fused-ring (bicyclic) bond motifs is 2.